The molecule has 0 amide bonds. The van der Waals surface area contributed by atoms with E-state index in [0.717, 1.165) is 81.7 Å². The van der Waals surface area contributed by atoms with E-state index in [-0.39, 0.29) is 0 Å². The molecule has 1 aromatic rings. The Hall–Kier alpha value is -1.99. The van der Waals surface area contributed by atoms with Crippen LogP contribution < -0.4 is 20.1 Å². The van der Waals surface area contributed by atoms with Gasteiger partial charge >= 0.3 is 0 Å². The first-order chi connectivity index (χ1) is 14.8. The van der Waals surface area contributed by atoms with Gasteiger partial charge in [0.2, 0.25) is 0 Å². The van der Waals surface area contributed by atoms with Crippen LogP contribution in [0.15, 0.2) is 23.2 Å². The predicted molar refractivity (Wildman–Crippen MR) is 118 cm³/mol. The van der Waals surface area contributed by atoms with Crippen molar-refractivity contribution in [3.63, 3.8) is 0 Å². The molecule has 2 aliphatic rings. The van der Waals surface area contributed by atoms with Crippen LogP contribution in [0.2, 0.25) is 0 Å². The van der Waals surface area contributed by atoms with E-state index < -0.39 is 0 Å². The SMILES string of the molecule is CN=C(NCCCOCC1CCOC1)NCc1ccc(OC)cc1OC1CCCC1. The molecule has 2 fully saturated rings. The van der Waals surface area contributed by atoms with Crippen molar-refractivity contribution in [3.8, 4) is 11.5 Å². The van der Waals surface area contributed by atoms with Crippen LogP contribution in [-0.2, 0) is 16.0 Å². The Labute approximate surface area is 180 Å². The van der Waals surface area contributed by atoms with Gasteiger partial charge in [0.25, 0.3) is 0 Å². The normalized spacial score (nSPS) is 19.8. The second-order valence-corrected chi connectivity index (χ2v) is 8.01. The number of aliphatic imine (C=N–C) groups is 1. The third kappa shape index (κ3) is 7.36. The standard InChI is InChI=1S/C23H37N3O4/c1-24-23(25-11-5-12-28-16-18-10-13-29-17-18)26-15-19-8-9-21(27-2)14-22(19)30-20-6-3-4-7-20/h8-9,14,18,20H,3-7,10-13,15-17H2,1-2H3,(H2,24,25,26). The highest BCUT2D eigenvalue weighted by Crippen LogP contribution is 2.30. The lowest BCUT2D eigenvalue weighted by molar-refractivity contribution is 0.0888. The van der Waals surface area contributed by atoms with Crippen LogP contribution >= 0.6 is 0 Å². The number of guanidine groups is 1. The number of hydrogen-bond acceptors (Lipinski definition) is 5. The molecule has 1 heterocycles. The van der Waals surface area contributed by atoms with E-state index in [2.05, 4.69) is 21.7 Å². The maximum absolute atomic E-state index is 6.28. The fourth-order valence-corrected chi connectivity index (χ4v) is 3.85. The van der Waals surface area contributed by atoms with Crippen LogP contribution in [0, 0.1) is 5.92 Å². The average Bonchev–Trinajstić information content (AvgIpc) is 3.47. The summed E-state index contributed by atoms with van der Waals surface area (Å²) in [6.07, 6.45) is 7.11. The van der Waals surface area contributed by atoms with E-state index in [1.807, 2.05) is 12.1 Å². The Balaban J connectivity index is 1.40. The topological polar surface area (TPSA) is 73.3 Å². The number of nitrogens with one attached hydrogen (secondary N) is 2. The Bertz CT molecular complexity index is 656. The fraction of sp³-hybridized carbons (Fsp3) is 0.696. The number of hydrogen-bond donors (Lipinski definition) is 2. The van der Waals surface area contributed by atoms with E-state index in [4.69, 9.17) is 18.9 Å². The van der Waals surface area contributed by atoms with Crippen molar-refractivity contribution in [3.05, 3.63) is 23.8 Å². The van der Waals surface area contributed by atoms with Crippen LogP contribution in [0.1, 0.15) is 44.1 Å². The molecular weight excluding hydrogens is 382 g/mol. The molecule has 7 nitrogen and oxygen atoms in total. The second kappa shape index (κ2) is 12.6. The van der Waals surface area contributed by atoms with Crippen LogP contribution in [-0.4, -0.2) is 59.2 Å². The molecule has 1 aliphatic carbocycles. The van der Waals surface area contributed by atoms with Crippen LogP contribution in [0.3, 0.4) is 0 Å². The van der Waals surface area contributed by atoms with Gasteiger partial charge in [-0.05, 0) is 50.7 Å². The van der Waals surface area contributed by atoms with Gasteiger partial charge in [0.15, 0.2) is 5.96 Å². The average molecular weight is 420 g/mol. The third-order valence-corrected chi connectivity index (χ3v) is 5.68. The molecule has 168 valence electrons. The number of ether oxygens (including phenoxy) is 4. The highest BCUT2D eigenvalue weighted by molar-refractivity contribution is 5.79. The molecule has 0 aromatic heterocycles. The van der Waals surface area contributed by atoms with Crippen molar-refractivity contribution in [1.29, 1.82) is 0 Å². The Kier molecular flexibility index (Phi) is 9.57. The molecular formula is C23H37N3O4. The molecule has 1 aliphatic heterocycles. The summed E-state index contributed by atoms with van der Waals surface area (Å²) < 4.78 is 22.8. The molecule has 1 atom stereocenters. The number of nitrogens with zero attached hydrogens (tertiary/aromatic N) is 1. The van der Waals surface area contributed by atoms with Gasteiger partial charge < -0.3 is 29.6 Å². The largest absolute Gasteiger partial charge is 0.497 e. The zero-order valence-electron chi connectivity index (χ0n) is 18.5. The highest BCUT2D eigenvalue weighted by atomic mass is 16.5. The minimum Gasteiger partial charge on any atom is -0.497 e. The van der Waals surface area contributed by atoms with Crippen LogP contribution in [0.5, 0.6) is 11.5 Å². The van der Waals surface area contributed by atoms with Crippen molar-refractivity contribution >= 4 is 5.96 Å². The van der Waals surface area contributed by atoms with Gasteiger partial charge in [-0.15, -0.1) is 0 Å². The summed E-state index contributed by atoms with van der Waals surface area (Å²) in [4.78, 5) is 4.32. The summed E-state index contributed by atoms with van der Waals surface area (Å²) in [6.45, 7) is 4.72. The van der Waals surface area contributed by atoms with E-state index >= 15 is 0 Å². The van der Waals surface area contributed by atoms with Gasteiger partial charge in [-0.25, -0.2) is 0 Å². The molecule has 7 heteroatoms. The summed E-state index contributed by atoms with van der Waals surface area (Å²) in [6, 6.07) is 6.02. The molecule has 0 spiro atoms. The quantitative estimate of drug-likeness (QED) is 0.326. The maximum atomic E-state index is 6.28. The smallest absolute Gasteiger partial charge is 0.191 e. The molecule has 1 unspecified atom stereocenters. The highest BCUT2D eigenvalue weighted by Gasteiger charge is 2.19. The minimum absolute atomic E-state index is 0.309. The molecule has 1 saturated heterocycles. The lowest BCUT2D eigenvalue weighted by Crippen LogP contribution is -2.37. The van der Waals surface area contributed by atoms with Crippen LogP contribution in [0.25, 0.3) is 0 Å². The zero-order chi connectivity index (χ0) is 21.0. The van der Waals surface area contributed by atoms with Gasteiger partial charge in [0.05, 0.1) is 26.4 Å². The van der Waals surface area contributed by atoms with Crippen molar-refractivity contribution in [1.82, 2.24) is 10.6 Å². The van der Waals surface area contributed by atoms with Crippen molar-refractivity contribution in [2.24, 2.45) is 10.9 Å². The van der Waals surface area contributed by atoms with Crippen molar-refractivity contribution in [2.45, 2.75) is 51.2 Å². The number of methoxy groups -OCH3 is 1. The van der Waals surface area contributed by atoms with Crippen molar-refractivity contribution in [2.75, 3.05) is 47.1 Å². The van der Waals surface area contributed by atoms with E-state index in [1.54, 1.807) is 14.2 Å². The maximum Gasteiger partial charge on any atom is 0.191 e. The van der Waals surface area contributed by atoms with Gasteiger partial charge in [0.1, 0.15) is 11.5 Å². The molecule has 1 aromatic carbocycles. The fourth-order valence-electron chi connectivity index (χ4n) is 3.85. The summed E-state index contributed by atoms with van der Waals surface area (Å²) in [7, 11) is 3.47. The van der Waals surface area contributed by atoms with E-state index in [9.17, 15) is 0 Å². The molecule has 0 radical (unpaired) electrons. The van der Waals surface area contributed by atoms with Gasteiger partial charge in [-0.3, -0.25) is 4.99 Å². The van der Waals surface area contributed by atoms with E-state index in [1.165, 1.54) is 12.8 Å². The summed E-state index contributed by atoms with van der Waals surface area (Å²) in [5.74, 6) is 3.06. The van der Waals surface area contributed by atoms with Gasteiger partial charge in [-0.2, -0.15) is 0 Å². The molecule has 0 bridgehead atoms. The Morgan fingerprint density at radius 3 is 2.80 bits per heavy atom. The van der Waals surface area contributed by atoms with Gasteiger partial charge in [0, 0.05) is 50.9 Å². The Morgan fingerprint density at radius 2 is 2.07 bits per heavy atom. The van der Waals surface area contributed by atoms with E-state index in [0.29, 0.717) is 18.6 Å². The second-order valence-electron chi connectivity index (χ2n) is 8.01. The summed E-state index contributed by atoms with van der Waals surface area (Å²) in [5.41, 5.74) is 1.10. The lowest BCUT2D eigenvalue weighted by Gasteiger charge is -2.19. The predicted octanol–water partition coefficient (Wildman–Crippen LogP) is 3.12. The zero-order valence-corrected chi connectivity index (χ0v) is 18.5. The monoisotopic (exact) mass is 419 g/mol. The summed E-state index contributed by atoms with van der Waals surface area (Å²) >= 11 is 0. The summed E-state index contributed by atoms with van der Waals surface area (Å²) in [5, 5.41) is 6.74. The van der Waals surface area contributed by atoms with Crippen LogP contribution in [0.4, 0.5) is 0 Å². The van der Waals surface area contributed by atoms with Crippen molar-refractivity contribution < 1.29 is 18.9 Å². The Morgan fingerprint density at radius 1 is 1.20 bits per heavy atom. The minimum atomic E-state index is 0.309. The number of benzene rings is 1. The number of rotatable bonds is 11. The molecule has 3 rings (SSSR count). The molecule has 2 N–H and O–H groups in total. The molecule has 30 heavy (non-hydrogen) atoms. The first-order valence-corrected chi connectivity index (χ1v) is 11.2. The first kappa shape index (κ1) is 22.7. The first-order valence-electron chi connectivity index (χ1n) is 11.2. The van der Waals surface area contributed by atoms with Gasteiger partial charge in [-0.1, -0.05) is 0 Å². The third-order valence-electron chi connectivity index (χ3n) is 5.68. The molecule has 1 saturated carbocycles. The lowest BCUT2D eigenvalue weighted by atomic mass is 10.1.